The van der Waals surface area contributed by atoms with Gasteiger partial charge in [0.1, 0.15) is 18.1 Å². The van der Waals surface area contributed by atoms with E-state index in [9.17, 15) is 0 Å². The van der Waals surface area contributed by atoms with Crippen molar-refractivity contribution in [3.63, 3.8) is 0 Å². The summed E-state index contributed by atoms with van der Waals surface area (Å²) in [5, 5.41) is 7.59. The van der Waals surface area contributed by atoms with Crippen molar-refractivity contribution in [3.8, 4) is 34.0 Å². The van der Waals surface area contributed by atoms with Gasteiger partial charge in [-0.3, -0.25) is 5.10 Å². The predicted octanol–water partition coefficient (Wildman–Crippen LogP) is 10.4. The summed E-state index contributed by atoms with van der Waals surface area (Å²) < 4.78 is 12.0. The molecule has 0 unspecified atom stereocenters. The van der Waals surface area contributed by atoms with Gasteiger partial charge in [-0.2, -0.15) is 5.10 Å². The van der Waals surface area contributed by atoms with E-state index < -0.39 is 0 Å². The summed E-state index contributed by atoms with van der Waals surface area (Å²) in [5.74, 6) is 1.78. The molecule has 0 atom stereocenters. The first-order chi connectivity index (χ1) is 19.8. The lowest BCUT2D eigenvalue weighted by molar-refractivity contribution is 0.300. The van der Waals surface area contributed by atoms with Crippen molar-refractivity contribution < 1.29 is 9.47 Å². The molecule has 1 heterocycles. The number of rotatable bonds is 19. The molecule has 0 radical (unpaired) electrons. The van der Waals surface area contributed by atoms with E-state index in [1.807, 2.05) is 42.5 Å². The predicted molar refractivity (Wildman–Crippen MR) is 167 cm³/mol. The summed E-state index contributed by atoms with van der Waals surface area (Å²) in [4.78, 5) is 0. The Hall–Kier alpha value is -3.53. The average molecular weight is 539 g/mol. The van der Waals surface area contributed by atoms with Gasteiger partial charge in [-0.25, -0.2) is 0 Å². The summed E-state index contributed by atoms with van der Waals surface area (Å²) in [6, 6.07) is 28.7. The number of unbranched alkanes of at least 4 members (excludes halogenated alkanes) is 11. The summed E-state index contributed by atoms with van der Waals surface area (Å²) in [7, 11) is 0. The zero-order chi connectivity index (χ0) is 27.7. The van der Waals surface area contributed by atoms with Gasteiger partial charge in [0, 0.05) is 5.56 Å². The van der Waals surface area contributed by atoms with E-state index in [1.165, 1.54) is 70.6 Å². The molecule has 0 aliphatic carbocycles. The van der Waals surface area contributed by atoms with Crippen molar-refractivity contribution in [1.29, 1.82) is 0 Å². The van der Waals surface area contributed by atoms with Crippen molar-refractivity contribution in [2.45, 2.75) is 90.6 Å². The van der Waals surface area contributed by atoms with Crippen molar-refractivity contribution >= 4 is 0 Å². The van der Waals surface area contributed by atoms with Crippen LogP contribution in [-0.4, -0.2) is 16.8 Å². The van der Waals surface area contributed by atoms with E-state index in [0.29, 0.717) is 6.61 Å². The molecule has 0 saturated heterocycles. The van der Waals surface area contributed by atoms with Crippen molar-refractivity contribution in [3.05, 3.63) is 90.5 Å². The van der Waals surface area contributed by atoms with Crippen LogP contribution in [0.15, 0.2) is 84.9 Å². The molecule has 3 aromatic carbocycles. The Labute approximate surface area is 241 Å². The number of aromatic nitrogens is 2. The Morgan fingerprint density at radius 1 is 0.575 bits per heavy atom. The van der Waals surface area contributed by atoms with Crippen LogP contribution in [0.5, 0.6) is 11.5 Å². The van der Waals surface area contributed by atoms with Gasteiger partial charge in [0.15, 0.2) is 0 Å². The van der Waals surface area contributed by atoms with Crippen molar-refractivity contribution in [2.75, 3.05) is 6.61 Å². The molecule has 40 heavy (non-hydrogen) atoms. The highest BCUT2D eigenvalue weighted by molar-refractivity contribution is 5.68. The van der Waals surface area contributed by atoms with Crippen LogP contribution in [-0.2, 0) is 6.61 Å². The smallest absolute Gasteiger partial charge is 0.119 e. The standard InChI is InChI=1S/C36H46N2O2/c1-2-3-4-5-6-7-8-9-10-11-12-16-27-39-33-23-19-30(20-24-33)29-40-34-25-21-32(22-26-34)36-28-35(37-38-36)31-17-14-13-15-18-31/h13-15,17-26,28H,2-12,16,27,29H2,1H3,(H,37,38). The highest BCUT2D eigenvalue weighted by atomic mass is 16.5. The minimum Gasteiger partial charge on any atom is -0.494 e. The Balaban J connectivity index is 1.07. The lowest BCUT2D eigenvalue weighted by atomic mass is 10.1. The second kappa shape index (κ2) is 17.2. The van der Waals surface area contributed by atoms with E-state index in [0.717, 1.165) is 52.6 Å². The Bertz CT molecular complexity index is 1200. The van der Waals surface area contributed by atoms with E-state index in [2.05, 4.69) is 59.6 Å². The lowest BCUT2D eigenvalue weighted by Crippen LogP contribution is -1.99. The number of hydrogen-bond acceptors (Lipinski definition) is 3. The maximum Gasteiger partial charge on any atom is 0.119 e. The minimum absolute atomic E-state index is 0.528. The molecular formula is C36H46N2O2. The maximum absolute atomic E-state index is 6.01. The quantitative estimate of drug-likeness (QED) is 0.121. The summed E-state index contributed by atoms with van der Waals surface area (Å²) in [6.45, 7) is 3.60. The highest BCUT2D eigenvalue weighted by Crippen LogP contribution is 2.26. The van der Waals surface area contributed by atoms with Gasteiger partial charge >= 0.3 is 0 Å². The number of H-pyrrole nitrogens is 1. The Morgan fingerprint density at radius 3 is 1.80 bits per heavy atom. The van der Waals surface area contributed by atoms with Crippen LogP contribution in [0.3, 0.4) is 0 Å². The van der Waals surface area contributed by atoms with E-state index >= 15 is 0 Å². The molecule has 4 rings (SSSR count). The fourth-order valence-corrected chi connectivity index (χ4v) is 4.94. The topological polar surface area (TPSA) is 47.1 Å². The number of benzene rings is 3. The van der Waals surface area contributed by atoms with Gasteiger partial charge in [0.25, 0.3) is 0 Å². The van der Waals surface area contributed by atoms with Crippen LogP contribution in [0.2, 0.25) is 0 Å². The molecule has 4 nitrogen and oxygen atoms in total. The normalized spacial score (nSPS) is 11.0. The van der Waals surface area contributed by atoms with Gasteiger partial charge < -0.3 is 9.47 Å². The number of aromatic amines is 1. The molecule has 0 amide bonds. The molecule has 1 N–H and O–H groups in total. The van der Waals surface area contributed by atoms with E-state index in [-0.39, 0.29) is 0 Å². The first kappa shape index (κ1) is 29.5. The fraction of sp³-hybridized carbons (Fsp3) is 0.417. The van der Waals surface area contributed by atoms with Crippen LogP contribution >= 0.6 is 0 Å². The third-order valence-electron chi connectivity index (χ3n) is 7.41. The molecule has 1 aromatic heterocycles. The van der Waals surface area contributed by atoms with E-state index in [4.69, 9.17) is 9.47 Å². The second-order valence-electron chi connectivity index (χ2n) is 10.7. The summed E-state index contributed by atoms with van der Waals surface area (Å²) in [6.07, 6.45) is 16.3. The van der Waals surface area contributed by atoms with Crippen LogP contribution < -0.4 is 9.47 Å². The number of ether oxygens (including phenoxy) is 2. The van der Waals surface area contributed by atoms with Gasteiger partial charge in [-0.15, -0.1) is 0 Å². The van der Waals surface area contributed by atoms with Gasteiger partial charge in [0.2, 0.25) is 0 Å². The molecule has 0 aliphatic rings. The number of nitrogens with one attached hydrogen (secondary N) is 1. The lowest BCUT2D eigenvalue weighted by Gasteiger charge is -2.09. The molecular weight excluding hydrogens is 492 g/mol. The van der Waals surface area contributed by atoms with Crippen molar-refractivity contribution in [1.82, 2.24) is 10.2 Å². The Morgan fingerprint density at radius 2 is 1.15 bits per heavy atom. The second-order valence-corrected chi connectivity index (χ2v) is 10.7. The fourth-order valence-electron chi connectivity index (χ4n) is 4.94. The number of hydrogen-bond donors (Lipinski definition) is 1. The van der Waals surface area contributed by atoms with Crippen LogP contribution in [0.1, 0.15) is 89.5 Å². The minimum atomic E-state index is 0.528. The van der Waals surface area contributed by atoms with Gasteiger partial charge in [0.05, 0.1) is 18.0 Å². The third-order valence-corrected chi connectivity index (χ3v) is 7.41. The molecule has 4 aromatic rings. The first-order valence-electron chi connectivity index (χ1n) is 15.4. The molecule has 0 saturated carbocycles. The van der Waals surface area contributed by atoms with Crippen LogP contribution in [0.25, 0.3) is 22.5 Å². The van der Waals surface area contributed by atoms with Gasteiger partial charge in [-0.05, 0) is 60.0 Å². The van der Waals surface area contributed by atoms with Crippen LogP contribution in [0.4, 0.5) is 0 Å². The molecule has 0 fully saturated rings. The largest absolute Gasteiger partial charge is 0.494 e. The van der Waals surface area contributed by atoms with Gasteiger partial charge in [-0.1, -0.05) is 120 Å². The monoisotopic (exact) mass is 538 g/mol. The molecule has 212 valence electrons. The zero-order valence-electron chi connectivity index (χ0n) is 24.2. The molecule has 0 bridgehead atoms. The average Bonchev–Trinajstić information content (AvgIpc) is 3.50. The zero-order valence-corrected chi connectivity index (χ0v) is 24.2. The molecule has 0 spiro atoms. The highest BCUT2D eigenvalue weighted by Gasteiger charge is 2.06. The van der Waals surface area contributed by atoms with Crippen molar-refractivity contribution in [2.24, 2.45) is 0 Å². The van der Waals surface area contributed by atoms with E-state index in [1.54, 1.807) is 0 Å². The SMILES string of the molecule is CCCCCCCCCCCCCCOc1ccc(COc2ccc(-c3cc(-c4ccccc4)n[nH]3)cc2)cc1. The number of nitrogens with zero attached hydrogens (tertiary/aromatic N) is 1. The maximum atomic E-state index is 6.01. The molecule has 4 heteroatoms. The Kier molecular flexibility index (Phi) is 12.7. The third kappa shape index (κ3) is 10.2. The summed E-state index contributed by atoms with van der Waals surface area (Å²) >= 11 is 0. The molecule has 0 aliphatic heterocycles. The van der Waals surface area contributed by atoms with Crippen LogP contribution in [0, 0.1) is 0 Å². The first-order valence-corrected chi connectivity index (χ1v) is 15.4. The summed E-state index contributed by atoms with van der Waals surface area (Å²) in [5.41, 5.74) is 5.24.